The van der Waals surface area contributed by atoms with Crippen molar-refractivity contribution in [1.82, 2.24) is 20.9 Å². The van der Waals surface area contributed by atoms with Gasteiger partial charge in [0.25, 0.3) is 0 Å². The topological polar surface area (TPSA) is 68.8 Å². The molecule has 0 atom stereocenters. The van der Waals surface area contributed by atoms with Gasteiger partial charge in [0, 0.05) is 45.3 Å². The third-order valence-corrected chi connectivity index (χ3v) is 4.79. The molecule has 1 saturated heterocycles. The summed E-state index contributed by atoms with van der Waals surface area (Å²) >= 11 is 0. The number of carbonyl (C=O) groups is 1. The first-order valence-corrected chi connectivity index (χ1v) is 9.92. The smallest absolute Gasteiger partial charge is 0.234 e. The Bertz CT molecular complexity index is 666. The maximum absolute atomic E-state index is 13.7. The minimum atomic E-state index is -0.569. The van der Waals surface area contributed by atoms with Crippen molar-refractivity contribution in [3.63, 3.8) is 0 Å². The highest BCUT2D eigenvalue weighted by Crippen LogP contribution is 2.11. The SMILES string of the molecule is CCCNC(=O)CN1CCC(NC(=NC)NCCc2ccc(F)cc2F)CC1.I. The van der Waals surface area contributed by atoms with Crippen LogP contribution in [0.4, 0.5) is 8.78 Å². The fraction of sp³-hybridized carbons (Fsp3) is 0.600. The molecule has 3 N–H and O–H groups in total. The Kier molecular flexibility index (Phi) is 12.1. The van der Waals surface area contributed by atoms with E-state index in [2.05, 4.69) is 25.8 Å². The van der Waals surface area contributed by atoms with Crippen LogP contribution in [0.3, 0.4) is 0 Å². The van der Waals surface area contributed by atoms with Crippen molar-refractivity contribution in [2.45, 2.75) is 38.6 Å². The molecule has 29 heavy (non-hydrogen) atoms. The largest absolute Gasteiger partial charge is 0.356 e. The Balaban J connectivity index is 0.00000420. The standard InChI is InChI=1S/C20H31F2N5O.HI/c1-3-9-24-19(28)14-27-11-7-17(8-12-27)26-20(23-2)25-10-6-15-4-5-16(21)13-18(15)22;/h4-5,13,17H,3,6-12,14H2,1-2H3,(H,24,28)(H2,23,25,26);1H. The van der Waals surface area contributed by atoms with E-state index in [-0.39, 0.29) is 35.9 Å². The minimum absolute atomic E-state index is 0. The van der Waals surface area contributed by atoms with Crippen molar-refractivity contribution in [2.24, 2.45) is 4.99 Å². The summed E-state index contributed by atoms with van der Waals surface area (Å²) < 4.78 is 26.6. The van der Waals surface area contributed by atoms with Crippen LogP contribution in [-0.4, -0.2) is 62.6 Å². The summed E-state index contributed by atoms with van der Waals surface area (Å²) in [5.74, 6) is -0.346. The monoisotopic (exact) mass is 523 g/mol. The zero-order valence-corrected chi connectivity index (χ0v) is 19.5. The zero-order chi connectivity index (χ0) is 20.4. The number of guanidine groups is 1. The highest BCUT2D eigenvalue weighted by molar-refractivity contribution is 14.0. The van der Waals surface area contributed by atoms with Crippen LogP contribution in [0.2, 0.25) is 0 Å². The van der Waals surface area contributed by atoms with Crippen LogP contribution >= 0.6 is 24.0 Å². The Morgan fingerprint density at radius 1 is 1.21 bits per heavy atom. The van der Waals surface area contributed by atoms with Crippen LogP contribution < -0.4 is 16.0 Å². The molecule has 0 aliphatic carbocycles. The Hall–Kier alpha value is -1.49. The summed E-state index contributed by atoms with van der Waals surface area (Å²) in [5.41, 5.74) is 0.471. The average Bonchev–Trinajstić information content (AvgIpc) is 2.68. The van der Waals surface area contributed by atoms with Gasteiger partial charge in [-0.1, -0.05) is 13.0 Å². The summed E-state index contributed by atoms with van der Waals surface area (Å²) in [5, 5.41) is 9.46. The molecule has 0 radical (unpaired) electrons. The van der Waals surface area contributed by atoms with Gasteiger partial charge in [-0.15, -0.1) is 24.0 Å². The number of rotatable bonds is 8. The molecule has 1 aliphatic heterocycles. The van der Waals surface area contributed by atoms with Crippen molar-refractivity contribution in [3.05, 3.63) is 35.4 Å². The quantitative estimate of drug-likeness (QED) is 0.278. The molecule has 1 aliphatic rings. The molecule has 0 aromatic heterocycles. The van der Waals surface area contributed by atoms with E-state index in [1.165, 1.54) is 12.1 Å². The number of amides is 1. The van der Waals surface area contributed by atoms with Crippen molar-refractivity contribution in [2.75, 3.05) is 39.8 Å². The number of aliphatic imine (C=N–C) groups is 1. The van der Waals surface area contributed by atoms with Crippen LogP contribution in [0, 0.1) is 11.6 Å². The highest BCUT2D eigenvalue weighted by Gasteiger charge is 2.21. The number of hydrogen-bond donors (Lipinski definition) is 3. The predicted molar refractivity (Wildman–Crippen MR) is 123 cm³/mol. The van der Waals surface area contributed by atoms with Gasteiger partial charge in [0.05, 0.1) is 6.54 Å². The molecule has 0 spiro atoms. The third kappa shape index (κ3) is 9.24. The van der Waals surface area contributed by atoms with Crippen LogP contribution in [0.25, 0.3) is 0 Å². The van der Waals surface area contributed by atoms with Crippen LogP contribution in [-0.2, 0) is 11.2 Å². The van der Waals surface area contributed by atoms with Gasteiger partial charge >= 0.3 is 0 Å². The summed E-state index contributed by atoms with van der Waals surface area (Å²) in [7, 11) is 1.70. The second-order valence-electron chi connectivity index (χ2n) is 7.03. The molecule has 1 amide bonds. The maximum atomic E-state index is 13.7. The molecule has 2 rings (SSSR count). The molecule has 1 aromatic rings. The van der Waals surface area contributed by atoms with E-state index >= 15 is 0 Å². The van der Waals surface area contributed by atoms with E-state index in [1.54, 1.807) is 7.05 Å². The van der Waals surface area contributed by atoms with Gasteiger partial charge in [-0.05, 0) is 37.3 Å². The first kappa shape index (κ1) is 25.5. The number of halogens is 3. The highest BCUT2D eigenvalue weighted by atomic mass is 127. The predicted octanol–water partition coefficient (Wildman–Crippen LogP) is 2.28. The van der Waals surface area contributed by atoms with Gasteiger partial charge in [-0.3, -0.25) is 14.7 Å². The summed E-state index contributed by atoms with van der Waals surface area (Å²) in [6.45, 7) is 5.42. The van der Waals surface area contributed by atoms with Crippen molar-refractivity contribution in [3.8, 4) is 0 Å². The first-order chi connectivity index (χ1) is 13.5. The first-order valence-electron chi connectivity index (χ1n) is 9.92. The molecular weight excluding hydrogens is 491 g/mol. The second kappa shape index (κ2) is 13.7. The molecule has 0 bridgehead atoms. The normalized spacial score (nSPS) is 15.5. The van der Waals surface area contributed by atoms with Gasteiger partial charge in [0.15, 0.2) is 5.96 Å². The molecule has 0 unspecified atom stereocenters. The molecule has 1 aromatic carbocycles. The lowest BCUT2D eigenvalue weighted by Crippen LogP contribution is -2.50. The molecule has 1 fully saturated rings. The molecule has 9 heteroatoms. The molecule has 0 saturated carbocycles. The lowest BCUT2D eigenvalue weighted by atomic mass is 10.1. The van der Waals surface area contributed by atoms with E-state index in [9.17, 15) is 13.6 Å². The van der Waals surface area contributed by atoms with Gasteiger partial charge in [0.2, 0.25) is 5.91 Å². The molecule has 164 valence electrons. The number of nitrogens with zero attached hydrogens (tertiary/aromatic N) is 2. The fourth-order valence-corrected chi connectivity index (χ4v) is 3.19. The molecule has 6 nitrogen and oxygen atoms in total. The van der Waals surface area contributed by atoms with E-state index < -0.39 is 11.6 Å². The minimum Gasteiger partial charge on any atom is -0.356 e. The lowest BCUT2D eigenvalue weighted by molar-refractivity contribution is -0.122. The van der Waals surface area contributed by atoms with Crippen molar-refractivity contribution < 1.29 is 13.6 Å². The second-order valence-corrected chi connectivity index (χ2v) is 7.03. The maximum Gasteiger partial charge on any atom is 0.234 e. The fourth-order valence-electron chi connectivity index (χ4n) is 3.19. The van der Waals surface area contributed by atoms with E-state index in [1.807, 2.05) is 6.92 Å². The summed E-state index contributed by atoms with van der Waals surface area (Å²) in [6.07, 6.45) is 3.23. The Morgan fingerprint density at radius 2 is 1.93 bits per heavy atom. The van der Waals surface area contributed by atoms with Gasteiger partial charge in [-0.2, -0.15) is 0 Å². The molecular formula is C20H32F2IN5O. The van der Waals surface area contributed by atoms with E-state index in [4.69, 9.17) is 0 Å². The average molecular weight is 523 g/mol. The van der Waals surface area contributed by atoms with E-state index in [0.29, 0.717) is 31.0 Å². The zero-order valence-electron chi connectivity index (χ0n) is 17.1. The molecule has 1 heterocycles. The number of piperidine rings is 1. The summed E-state index contributed by atoms with van der Waals surface area (Å²) in [6, 6.07) is 3.92. The summed E-state index contributed by atoms with van der Waals surface area (Å²) in [4.78, 5) is 18.2. The van der Waals surface area contributed by atoms with Gasteiger partial charge in [-0.25, -0.2) is 8.78 Å². The van der Waals surface area contributed by atoms with Crippen LogP contribution in [0.15, 0.2) is 23.2 Å². The van der Waals surface area contributed by atoms with E-state index in [0.717, 1.165) is 45.0 Å². The number of hydrogen-bond acceptors (Lipinski definition) is 3. The Labute approximate surface area is 188 Å². The van der Waals surface area contributed by atoms with Crippen LogP contribution in [0.5, 0.6) is 0 Å². The lowest BCUT2D eigenvalue weighted by Gasteiger charge is -2.32. The van der Waals surface area contributed by atoms with Crippen molar-refractivity contribution >= 4 is 35.8 Å². The number of benzene rings is 1. The number of nitrogens with one attached hydrogen (secondary N) is 3. The van der Waals surface area contributed by atoms with Crippen LogP contribution in [0.1, 0.15) is 31.7 Å². The van der Waals surface area contributed by atoms with Gasteiger partial charge < -0.3 is 16.0 Å². The number of likely N-dealkylation sites (tertiary alicyclic amines) is 1. The van der Waals surface area contributed by atoms with Gasteiger partial charge in [0.1, 0.15) is 11.6 Å². The Morgan fingerprint density at radius 3 is 2.55 bits per heavy atom. The third-order valence-electron chi connectivity index (χ3n) is 4.79. The van der Waals surface area contributed by atoms with Crippen molar-refractivity contribution in [1.29, 1.82) is 0 Å². The number of carbonyl (C=O) groups excluding carboxylic acids is 1.